The molecule has 1 amide bonds. The molecule has 1 aliphatic rings. The summed E-state index contributed by atoms with van der Waals surface area (Å²) in [6, 6.07) is 0. The summed E-state index contributed by atoms with van der Waals surface area (Å²) in [6.45, 7) is 1.68. The predicted octanol–water partition coefficient (Wildman–Crippen LogP) is -0.273. The van der Waals surface area contributed by atoms with Crippen LogP contribution in [0.4, 0.5) is 0 Å². The molecular weight excluding hydrogens is 182 g/mol. The summed E-state index contributed by atoms with van der Waals surface area (Å²) in [5, 5.41) is 7.08. The Morgan fingerprint density at radius 3 is 3.00 bits per heavy atom. The van der Waals surface area contributed by atoms with Crippen molar-refractivity contribution in [1.29, 1.82) is 5.41 Å². The lowest BCUT2D eigenvalue weighted by molar-refractivity contribution is -0.127. The van der Waals surface area contributed by atoms with E-state index in [0.29, 0.717) is 37.4 Å². The Kier molecular flexibility index (Phi) is 3.64. The number of nitrogens with one attached hydrogen (secondary N) is 1. The van der Waals surface area contributed by atoms with Crippen molar-refractivity contribution < 1.29 is 9.53 Å². The van der Waals surface area contributed by atoms with Gasteiger partial charge in [0.1, 0.15) is 0 Å². The molecule has 14 heavy (non-hydrogen) atoms. The Morgan fingerprint density at radius 1 is 1.71 bits per heavy atom. The second-order valence-corrected chi connectivity index (χ2v) is 3.12. The highest BCUT2D eigenvalue weighted by atomic mass is 16.5. The van der Waals surface area contributed by atoms with Crippen LogP contribution in [-0.4, -0.2) is 43.8 Å². The van der Waals surface area contributed by atoms with Gasteiger partial charge < -0.3 is 20.8 Å². The first kappa shape index (κ1) is 10.7. The highest BCUT2D eigenvalue weighted by molar-refractivity contribution is 6.12. The van der Waals surface area contributed by atoms with Gasteiger partial charge >= 0.3 is 0 Å². The van der Waals surface area contributed by atoms with Gasteiger partial charge in [0.25, 0.3) is 5.91 Å². The number of amides is 1. The average molecular weight is 197 g/mol. The molecule has 1 heterocycles. The van der Waals surface area contributed by atoms with E-state index in [0.717, 1.165) is 6.21 Å². The van der Waals surface area contributed by atoms with Gasteiger partial charge in [0, 0.05) is 38.5 Å². The third-order valence-electron chi connectivity index (χ3n) is 2.22. The van der Waals surface area contributed by atoms with Crippen LogP contribution in [0.15, 0.2) is 11.3 Å². The maximum Gasteiger partial charge on any atom is 0.257 e. The van der Waals surface area contributed by atoms with Crippen molar-refractivity contribution in [2.45, 2.75) is 6.42 Å². The van der Waals surface area contributed by atoms with Crippen molar-refractivity contribution >= 4 is 12.1 Å². The zero-order chi connectivity index (χ0) is 10.6. The average Bonchev–Trinajstić information content (AvgIpc) is 2.18. The molecule has 78 valence electrons. The van der Waals surface area contributed by atoms with Gasteiger partial charge in [0.05, 0.1) is 12.2 Å². The van der Waals surface area contributed by atoms with E-state index in [4.69, 9.17) is 15.9 Å². The van der Waals surface area contributed by atoms with Crippen LogP contribution in [0.2, 0.25) is 0 Å². The molecule has 1 aliphatic heterocycles. The zero-order valence-electron chi connectivity index (χ0n) is 8.25. The van der Waals surface area contributed by atoms with Crippen molar-refractivity contribution in [2.24, 2.45) is 5.73 Å². The van der Waals surface area contributed by atoms with Gasteiger partial charge in [-0.2, -0.15) is 0 Å². The second kappa shape index (κ2) is 4.76. The molecule has 0 bridgehead atoms. The lowest BCUT2D eigenvalue weighted by Gasteiger charge is -2.27. The number of carbonyl (C=O) groups is 1. The lowest BCUT2D eigenvalue weighted by Crippen LogP contribution is -2.40. The predicted molar refractivity (Wildman–Crippen MR) is 53.1 cm³/mol. The minimum Gasteiger partial charge on any atom is -0.401 e. The minimum atomic E-state index is -0.166. The number of ether oxygens (including phenoxy) is 1. The Labute approximate surface area is 83.0 Å². The number of nitrogens with zero attached hydrogens (tertiary/aromatic N) is 1. The third-order valence-corrected chi connectivity index (χ3v) is 2.22. The molecule has 0 saturated carbocycles. The first-order valence-corrected chi connectivity index (χ1v) is 4.48. The fourth-order valence-electron chi connectivity index (χ4n) is 1.37. The van der Waals surface area contributed by atoms with E-state index in [2.05, 4.69) is 0 Å². The number of methoxy groups -OCH3 is 1. The molecule has 0 aromatic carbocycles. The molecule has 0 atom stereocenters. The van der Waals surface area contributed by atoms with Crippen molar-refractivity contribution in [3.05, 3.63) is 11.3 Å². The summed E-state index contributed by atoms with van der Waals surface area (Å²) < 4.78 is 4.89. The molecule has 0 spiro atoms. The molecule has 0 saturated heterocycles. The number of rotatable bonds is 4. The monoisotopic (exact) mass is 197 g/mol. The fourth-order valence-corrected chi connectivity index (χ4v) is 1.37. The molecule has 5 nitrogen and oxygen atoms in total. The standard InChI is InChI=1S/C9H15N3O2/c1-14-5-4-12-3-2-8(11)7(6-10)9(12)13/h6,10H,2-5,11H2,1H3. The van der Waals surface area contributed by atoms with Crippen LogP contribution in [0.25, 0.3) is 0 Å². The fraction of sp³-hybridized carbons (Fsp3) is 0.556. The summed E-state index contributed by atoms with van der Waals surface area (Å²) in [6.07, 6.45) is 1.66. The summed E-state index contributed by atoms with van der Waals surface area (Å²) in [4.78, 5) is 13.3. The molecule has 3 N–H and O–H groups in total. The molecule has 0 aliphatic carbocycles. The van der Waals surface area contributed by atoms with Crippen LogP contribution in [0.1, 0.15) is 6.42 Å². The summed E-state index contributed by atoms with van der Waals surface area (Å²) in [5.41, 5.74) is 6.45. The van der Waals surface area contributed by atoms with Gasteiger partial charge in [0.15, 0.2) is 0 Å². The summed E-state index contributed by atoms with van der Waals surface area (Å²) >= 11 is 0. The normalized spacial score (nSPS) is 17.5. The van der Waals surface area contributed by atoms with E-state index in [-0.39, 0.29) is 5.91 Å². The third kappa shape index (κ3) is 2.11. The summed E-state index contributed by atoms with van der Waals surface area (Å²) in [7, 11) is 1.59. The molecule has 0 aromatic rings. The Balaban J connectivity index is 2.69. The number of hydrogen-bond donors (Lipinski definition) is 2. The van der Waals surface area contributed by atoms with E-state index >= 15 is 0 Å². The molecule has 0 unspecified atom stereocenters. The van der Waals surface area contributed by atoms with Crippen molar-refractivity contribution in [3.8, 4) is 0 Å². The Bertz CT molecular complexity index is 273. The van der Waals surface area contributed by atoms with E-state index < -0.39 is 0 Å². The number of carbonyl (C=O) groups excluding carboxylic acids is 1. The van der Waals surface area contributed by atoms with Crippen molar-refractivity contribution in [2.75, 3.05) is 26.8 Å². The molecule has 0 aromatic heterocycles. The quantitative estimate of drug-likeness (QED) is 0.609. The van der Waals surface area contributed by atoms with Crippen LogP contribution in [-0.2, 0) is 9.53 Å². The largest absolute Gasteiger partial charge is 0.401 e. The van der Waals surface area contributed by atoms with Crippen LogP contribution in [0, 0.1) is 5.41 Å². The van der Waals surface area contributed by atoms with Crippen molar-refractivity contribution in [3.63, 3.8) is 0 Å². The van der Waals surface area contributed by atoms with E-state index in [1.165, 1.54) is 0 Å². The number of hydrogen-bond acceptors (Lipinski definition) is 4. The van der Waals surface area contributed by atoms with Gasteiger partial charge in [-0.1, -0.05) is 0 Å². The molecule has 0 radical (unpaired) electrons. The van der Waals surface area contributed by atoms with Gasteiger partial charge in [-0.15, -0.1) is 0 Å². The zero-order valence-corrected chi connectivity index (χ0v) is 8.25. The minimum absolute atomic E-state index is 0.166. The molecule has 0 fully saturated rings. The van der Waals surface area contributed by atoms with Crippen LogP contribution >= 0.6 is 0 Å². The summed E-state index contributed by atoms with van der Waals surface area (Å²) in [5.74, 6) is -0.166. The van der Waals surface area contributed by atoms with Crippen LogP contribution in [0.5, 0.6) is 0 Å². The van der Waals surface area contributed by atoms with Crippen LogP contribution < -0.4 is 5.73 Å². The number of nitrogens with two attached hydrogens (primary N) is 1. The highest BCUT2D eigenvalue weighted by Gasteiger charge is 2.23. The topological polar surface area (TPSA) is 79.4 Å². The van der Waals surface area contributed by atoms with E-state index in [1.54, 1.807) is 12.0 Å². The first-order valence-electron chi connectivity index (χ1n) is 4.48. The maximum absolute atomic E-state index is 11.7. The van der Waals surface area contributed by atoms with Gasteiger partial charge in [0.2, 0.25) is 0 Å². The second-order valence-electron chi connectivity index (χ2n) is 3.12. The van der Waals surface area contributed by atoms with Gasteiger partial charge in [-0.25, -0.2) is 0 Å². The maximum atomic E-state index is 11.7. The van der Waals surface area contributed by atoms with Crippen molar-refractivity contribution in [1.82, 2.24) is 4.90 Å². The first-order chi connectivity index (χ1) is 6.70. The highest BCUT2D eigenvalue weighted by Crippen LogP contribution is 2.13. The molecular formula is C9H15N3O2. The molecule has 5 heteroatoms. The van der Waals surface area contributed by atoms with Gasteiger partial charge in [-0.3, -0.25) is 4.79 Å². The van der Waals surface area contributed by atoms with Gasteiger partial charge in [-0.05, 0) is 0 Å². The van der Waals surface area contributed by atoms with Crippen LogP contribution in [0.3, 0.4) is 0 Å². The smallest absolute Gasteiger partial charge is 0.257 e. The SMILES string of the molecule is COCCN1CCC(N)=C(C=N)C1=O. The lowest BCUT2D eigenvalue weighted by atomic mass is 10.1. The van der Waals surface area contributed by atoms with E-state index in [9.17, 15) is 4.79 Å². The Hall–Kier alpha value is -1.36. The molecule has 1 rings (SSSR count). The Morgan fingerprint density at radius 2 is 2.43 bits per heavy atom. The van der Waals surface area contributed by atoms with E-state index in [1.807, 2.05) is 0 Å².